The molecule has 0 radical (unpaired) electrons. The SMILES string of the molecule is Cc1ccc(C(=O)NC2CCC(Nc3nc(N(C)C)c4ccccc4n3)CC2)cc1F. The summed E-state index contributed by atoms with van der Waals surface area (Å²) in [5.41, 5.74) is 1.82. The molecule has 1 aromatic heterocycles. The lowest BCUT2D eigenvalue weighted by Crippen LogP contribution is -2.40. The number of rotatable bonds is 5. The maximum absolute atomic E-state index is 13.7. The van der Waals surface area contributed by atoms with Crippen LogP contribution in [0.3, 0.4) is 0 Å². The number of para-hydroxylation sites is 1. The minimum absolute atomic E-state index is 0.0878. The quantitative estimate of drug-likeness (QED) is 0.643. The summed E-state index contributed by atoms with van der Waals surface area (Å²) in [6.45, 7) is 1.69. The van der Waals surface area contributed by atoms with E-state index in [1.165, 1.54) is 6.07 Å². The van der Waals surface area contributed by atoms with E-state index in [4.69, 9.17) is 4.98 Å². The number of carbonyl (C=O) groups excluding carboxylic acids is 1. The first kappa shape index (κ1) is 21.0. The van der Waals surface area contributed by atoms with Gasteiger partial charge in [-0.25, -0.2) is 9.37 Å². The fourth-order valence-electron chi connectivity index (χ4n) is 4.03. The highest BCUT2D eigenvalue weighted by Gasteiger charge is 2.24. The van der Waals surface area contributed by atoms with E-state index >= 15 is 0 Å². The van der Waals surface area contributed by atoms with E-state index in [-0.39, 0.29) is 23.8 Å². The minimum atomic E-state index is -0.354. The fraction of sp³-hybridized carbons (Fsp3) is 0.375. The van der Waals surface area contributed by atoms with Crippen LogP contribution in [-0.2, 0) is 0 Å². The molecule has 3 aromatic rings. The van der Waals surface area contributed by atoms with E-state index in [0.717, 1.165) is 42.4 Å². The zero-order chi connectivity index (χ0) is 22.0. The summed E-state index contributed by atoms with van der Waals surface area (Å²) in [6.07, 6.45) is 3.51. The smallest absolute Gasteiger partial charge is 0.251 e. The van der Waals surface area contributed by atoms with Crippen molar-refractivity contribution in [1.29, 1.82) is 0 Å². The van der Waals surface area contributed by atoms with Gasteiger partial charge in [-0.15, -0.1) is 0 Å². The van der Waals surface area contributed by atoms with Crippen molar-refractivity contribution >= 4 is 28.6 Å². The Balaban J connectivity index is 1.37. The predicted molar refractivity (Wildman–Crippen MR) is 122 cm³/mol. The lowest BCUT2D eigenvalue weighted by molar-refractivity contribution is 0.0926. The molecule has 0 aliphatic heterocycles. The number of hydrogen-bond donors (Lipinski definition) is 2. The first-order chi connectivity index (χ1) is 14.9. The number of fused-ring (bicyclic) bond motifs is 1. The second-order valence-electron chi connectivity index (χ2n) is 8.41. The van der Waals surface area contributed by atoms with Crippen LogP contribution in [0.2, 0.25) is 0 Å². The van der Waals surface area contributed by atoms with Gasteiger partial charge in [-0.05, 0) is 62.4 Å². The molecule has 1 aliphatic carbocycles. The van der Waals surface area contributed by atoms with E-state index in [2.05, 4.69) is 15.6 Å². The number of aromatic nitrogens is 2. The molecule has 6 nitrogen and oxygen atoms in total. The van der Waals surface area contributed by atoms with Crippen molar-refractivity contribution in [3.63, 3.8) is 0 Å². The molecule has 1 amide bonds. The van der Waals surface area contributed by atoms with Crippen LogP contribution in [0.1, 0.15) is 41.6 Å². The van der Waals surface area contributed by atoms with Gasteiger partial charge in [0.2, 0.25) is 5.95 Å². The van der Waals surface area contributed by atoms with Gasteiger partial charge in [0.15, 0.2) is 0 Å². The molecular weight excluding hydrogens is 393 g/mol. The van der Waals surface area contributed by atoms with Crippen LogP contribution in [0, 0.1) is 12.7 Å². The van der Waals surface area contributed by atoms with Gasteiger partial charge in [0.1, 0.15) is 11.6 Å². The Morgan fingerprint density at radius 3 is 2.45 bits per heavy atom. The standard InChI is InChI=1S/C24H28FN5O/c1-15-8-9-16(14-20(15)25)23(31)26-17-10-12-18(13-11-17)27-24-28-21-7-5-4-6-19(21)22(29-24)30(2)3/h4-9,14,17-18H,10-13H2,1-3H3,(H,26,31)(H,27,28,29). The normalized spacial score (nSPS) is 18.6. The van der Waals surface area contributed by atoms with Gasteiger partial charge >= 0.3 is 0 Å². The zero-order valence-electron chi connectivity index (χ0n) is 18.2. The van der Waals surface area contributed by atoms with Crippen molar-refractivity contribution < 1.29 is 9.18 Å². The molecule has 0 unspecified atom stereocenters. The van der Waals surface area contributed by atoms with Gasteiger partial charge in [0, 0.05) is 37.1 Å². The third-order valence-corrected chi connectivity index (χ3v) is 5.84. The van der Waals surface area contributed by atoms with Crippen LogP contribution in [0.25, 0.3) is 10.9 Å². The Bertz CT molecular complexity index is 1090. The van der Waals surface area contributed by atoms with Crippen molar-refractivity contribution in [3.8, 4) is 0 Å². The molecule has 4 rings (SSSR count). The first-order valence-electron chi connectivity index (χ1n) is 10.7. The highest BCUT2D eigenvalue weighted by atomic mass is 19.1. The van der Waals surface area contributed by atoms with Crippen LogP contribution in [0.15, 0.2) is 42.5 Å². The summed E-state index contributed by atoms with van der Waals surface area (Å²) in [4.78, 5) is 23.8. The molecule has 1 fully saturated rings. The monoisotopic (exact) mass is 421 g/mol. The number of carbonyl (C=O) groups is 1. The molecule has 0 atom stereocenters. The highest BCUT2D eigenvalue weighted by molar-refractivity contribution is 5.94. The molecule has 0 spiro atoms. The van der Waals surface area contributed by atoms with Gasteiger partial charge in [0.25, 0.3) is 5.91 Å². The lowest BCUT2D eigenvalue weighted by Gasteiger charge is -2.30. The van der Waals surface area contributed by atoms with Gasteiger partial charge in [0.05, 0.1) is 5.52 Å². The topological polar surface area (TPSA) is 70.2 Å². The summed E-state index contributed by atoms with van der Waals surface area (Å²) >= 11 is 0. The van der Waals surface area contributed by atoms with Crippen LogP contribution in [0.5, 0.6) is 0 Å². The van der Waals surface area contributed by atoms with Crippen LogP contribution in [-0.4, -0.2) is 42.1 Å². The van der Waals surface area contributed by atoms with Gasteiger partial charge in [-0.2, -0.15) is 4.98 Å². The zero-order valence-corrected chi connectivity index (χ0v) is 18.2. The fourth-order valence-corrected chi connectivity index (χ4v) is 4.03. The summed E-state index contributed by atoms with van der Waals surface area (Å²) in [7, 11) is 3.96. The first-order valence-corrected chi connectivity index (χ1v) is 10.7. The maximum Gasteiger partial charge on any atom is 0.251 e. The van der Waals surface area contributed by atoms with Crippen molar-refractivity contribution in [2.75, 3.05) is 24.3 Å². The number of anilines is 2. The molecule has 0 bridgehead atoms. The number of halogens is 1. The van der Waals surface area contributed by atoms with Crippen molar-refractivity contribution in [1.82, 2.24) is 15.3 Å². The average molecular weight is 422 g/mol. The predicted octanol–water partition coefficient (Wildman–Crippen LogP) is 4.30. The minimum Gasteiger partial charge on any atom is -0.362 e. The molecular formula is C24H28FN5O. The van der Waals surface area contributed by atoms with Crippen LogP contribution >= 0.6 is 0 Å². The number of benzene rings is 2. The Kier molecular flexibility index (Phi) is 6.02. The van der Waals surface area contributed by atoms with Gasteiger partial charge < -0.3 is 15.5 Å². The molecule has 1 heterocycles. The molecule has 31 heavy (non-hydrogen) atoms. The number of aryl methyl sites for hydroxylation is 1. The van der Waals surface area contributed by atoms with E-state index in [9.17, 15) is 9.18 Å². The van der Waals surface area contributed by atoms with Crippen molar-refractivity contribution in [2.45, 2.75) is 44.7 Å². The van der Waals surface area contributed by atoms with E-state index < -0.39 is 0 Å². The number of nitrogens with zero attached hydrogens (tertiary/aromatic N) is 3. The van der Waals surface area contributed by atoms with E-state index in [0.29, 0.717) is 17.1 Å². The molecule has 7 heteroatoms. The van der Waals surface area contributed by atoms with Crippen molar-refractivity contribution in [2.24, 2.45) is 0 Å². The van der Waals surface area contributed by atoms with Crippen molar-refractivity contribution in [3.05, 3.63) is 59.4 Å². The lowest BCUT2D eigenvalue weighted by atomic mass is 9.91. The number of amides is 1. The molecule has 2 aromatic carbocycles. The average Bonchev–Trinajstić information content (AvgIpc) is 2.76. The summed E-state index contributed by atoms with van der Waals surface area (Å²) in [5, 5.41) is 7.54. The number of nitrogens with one attached hydrogen (secondary N) is 2. The largest absolute Gasteiger partial charge is 0.362 e. The van der Waals surface area contributed by atoms with Crippen LogP contribution < -0.4 is 15.5 Å². The Labute approximate surface area is 181 Å². The molecule has 0 saturated heterocycles. The third-order valence-electron chi connectivity index (χ3n) is 5.84. The molecule has 1 saturated carbocycles. The molecule has 162 valence electrons. The Morgan fingerprint density at radius 2 is 1.74 bits per heavy atom. The maximum atomic E-state index is 13.7. The summed E-state index contributed by atoms with van der Waals surface area (Å²) in [5.74, 6) is 0.946. The molecule has 2 N–H and O–H groups in total. The summed E-state index contributed by atoms with van der Waals surface area (Å²) in [6, 6.07) is 12.9. The Hall–Kier alpha value is -3.22. The Morgan fingerprint density at radius 1 is 1.03 bits per heavy atom. The third kappa shape index (κ3) is 4.76. The van der Waals surface area contributed by atoms with Gasteiger partial charge in [-0.3, -0.25) is 4.79 Å². The second kappa shape index (κ2) is 8.88. The molecule has 1 aliphatic rings. The summed E-state index contributed by atoms with van der Waals surface area (Å²) < 4.78 is 13.7. The highest BCUT2D eigenvalue weighted by Crippen LogP contribution is 2.26. The second-order valence-corrected chi connectivity index (χ2v) is 8.41. The van der Waals surface area contributed by atoms with E-state index in [1.807, 2.05) is 43.3 Å². The van der Waals surface area contributed by atoms with Crippen LogP contribution in [0.4, 0.5) is 16.2 Å². The number of hydrogen-bond acceptors (Lipinski definition) is 5. The van der Waals surface area contributed by atoms with E-state index in [1.54, 1.807) is 19.1 Å². The van der Waals surface area contributed by atoms with Gasteiger partial charge in [-0.1, -0.05) is 18.2 Å².